The van der Waals surface area contributed by atoms with E-state index >= 15 is 0 Å². The molecule has 2 aliphatic heterocycles. The van der Waals surface area contributed by atoms with E-state index in [0.717, 1.165) is 0 Å². The molecule has 0 radical (unpaired) electrons. The maximum atomic E-state index is 12.4. The van der Waals surface area contributed by atoms with Gasteiger partial charge in [-0.25, -0.2) is 4.79 Å². The second kappa shape index (κ2) is 6.45. The summed E-state index contributed by atoms with van der Waals surface area (Å²) >= 11 is 0. The predicted molar refractivity (Wildman–Crippen MR) is 88.8 cm³/mol. The zero-order chi connectivity index (χ0) is 18.2. The number of esters is 1. The van der Waals surface area contributed by atoms with Crippen molar-refractivity contribution in [3.63, 3.8) is 0 Å². The molecule has 7 nitrogen and oxygen atoms in total. The molecule has 0 unspecified atom stereocenters. The predicted octanol–water partition coefficient (Wildman–Crippen LogP) is 0.698. The summed E-state index contributed by atoms with van der Waals surface area (Å²) in [7, 11) is 0. The normalized spacial score (nSPS) is 28.5. The molecule has 2 amide bonds. The zero-order valence-electron chi connectivity index (χ0n) is 15.2. The topological polar surface area (TPSA) is 87.7 Å². The fourth-order valence-corrected chi connectivity index (χ4v) is 3.10. The fraction of sp³-hybridized carbons (Fsp3) is 0.706. The Kier molecular flexibility index (Phi) is 4.92. The van der Waals surface area contributed by atoms with E-state index in [1.165, 1.54) is 6.08 Å². The van der Waals surface area contributed by atoms with Crippen molar-refractivity contribution in [1.29, 1.82) is 0 Å². The molecule has 0 bridgehead atoms. The molecule has 4 atom stereocenters. The molecule has 2 N–H and O–H groups in total. The molecule has 7 heteroatoms. The average Bonchev–Trinajstić information content (AvgIpc) is 2.87. The second-order valence-corrected chi connectivity index (χ2v) is 7.55. The van der Waals surface area contributed by atoms with E-state index in [4.69, 9.17) is 4.74 Å². The lowest BCUT2D eigenvalue weighted by molar-refractivity contribution is -0.156. The molecule has 24 heavy (non-hydrogen) atoms. The molecule has 1 fully saturated rings. The van der Waals surface area contributed by atoms with Gasteiger partial charge in [0.1, 0.15) is 11.6 Å². The minimum absolute atomic E-state index is 0.0453. The van der Waals surface area contributed by atoms with Gasteiger partial charge in [-0.15, -0.1) is 0 Å². The molecule has 0 aromatic rings. The van der Waals surface area contributed by atoms with Crippen molar-refractivity contribution >= 4 is 17.8 Å². The van der Waals surface area contributed by atoms with Crippen LogP contribution in [0.4, 0.5) is 0 Å². The number of hydrogen-bond acceptors (Lipinski definition) is 5. The van der Waals surface area contributed by atoms with Gasteiger partial charge in [0.15, 0.2) is 0 Å². The van der Waals surface area contributed by atoms with Crippen molar-refractivity contribution in [2.24, 2.45) is 0 Å². The first kappa shape index (κ1) is 18.3. The Labute approximate surface area is 142 Å². The smallest absolute Gasteiger partial charge is 0.328 e. The number of hydrogen-bond donors (Lipinski definition) is 2. The zero-order valence-corrected chi connectivity index (χ0v) is 15.2. The highest BCUT2D eigenvalue weighted by Gasteiger charge is 2.42. The summed E-state index contributed by atoms with van der Waals surface area (Å²) in [6.07, 6.45) is 1.81. The van der Waals surface area contributed by atoms with Gasteiger partial charge in [0.05, 0.1) is 12.1 Å². The summed E-state index contributed by atoms with van der Waals surface area (Å²) in [5.41, 5.74) is 0.112. The monoisotopic (exact) mass is 337 g/mol. The highest BCUT2D eigenvalue weighted by atomic mass is 16.6. The van der Waals surface area contributed by atoms with Crippen LogP contribution in [0.2, 0.25) is 0 Å². The van der Waals surface area contributed by atoms with E-state index in [0.29, 0.717) is 12.1 Å². The van der Waals surface area contributed by atoms with Crippen LogP contribution in [0.25, 0.3) is 0 Å². The quantitative estimate of drug-likeness (QED) is 0.737. The maximum Gasteiger partial charge on any atom is 0.328 e. The lowest BCUT2D eigenvalue weighted by Crippen LogP contribution is -2.49. The molecule has 2 heterocycles. The number of nitrogens with zero attached hydrogens (tertiary/aromatic N) is 1. The van der Waals surface area contributed by atoms with Crippen molar-refractivity contribution in [2.75, 3.05) is 0 Å². The van der Waals surface area contributed by atoms with E-state index in [2.05, 4.69) is 10.6 Å². The van der Waals surface area contributed by atoms with E-state index in [1.807, 2.05) is 34.6 Å². The van der Waals surface area contributed by atoms with E-state index in [-0.39, 0.29) is 35.9 Å². The SMILES string of the molecule is C[C@H](NC1=CC(=O)N([C@H]2CC(=O)N[C@H]2C)[C@H]1C)C(=O)OC(C)(C)C. The summed E-state index contributed by atoms with van der Waals surface area (Å²) in [4.78, 5) is 37.7. The molecule has 2 aliphatic rings. The molecule has 0 spiro atoms. The van der Waals surface area contributed by atoms with Gasteiger partial charge in [-0.2, -0.15) is 0 Å². The van der Waals surface area contributed by atoms with Crippen molar-refractivity contribution in [3.05, 3.63) is 11.8 Å². The van der Waals surface area contributed by atoms with Crippen molar-refractivity contribution in [2.45, 2.75) is 77.7 Å². The lowest BCUT2D eigenvalue weighted by Gasteiger charge is -2.32. The van der Waals surface area contributed by atoms with Gasteiger partial charge < -0.3 is 20.3 Å². The third-order valence-electron chi connectivity index (χ3n) is 4.26. The Morgan fingerprint density at radius 2 is 2.00 bits per heavy atom. The summed E-state index contributed by atoms with van der Waals surface area (Å²) in [5, 5.41) is 5.91. The van der Waals surface area contributed by atoms with Gasteiger partial charge >= 0.3 is 5.97 Å². The third-order valence-corrected chi connectivity index (χ3v) is 4.26. The molecule has 1 saturated heterocycles. The molecular weight excluding hydrogens is 310 g/mol. The minimum atomic E-state index is -0.563. The van der Waals surface area contributed by atoms with Crippen LogP contribution in [0.3, 0.4) is 0 Å². The number of ether oxygens (including phenoxy) is 1. The highest BCUT2D eigenvalue weighted by molar-refractivity contribution is 5.93. The van der Waals surface area contributed by atoms with Crippen LogP contribution in [-0.2, 0) is 19.1 Å². The summed E-state index contributed by atoms with van der Waals surface area (Å²) in [6, 6.07) is -1.04. The maximum absolute atomic E-state index is 12.4. The van der Waals surface area contributed by atoms with Crippen LogP contribution < -0.4 is 10.6 Å². The first-order valence-corrected chi connectivity index (χ1v) is 8.32. The summed E-state index contributed by atoms with van der Waals surface area (Å²) in [6.45, 7) is 10.9. The summed E-state index contributed by atoms with van der Waals surface area (Å²) < 4.78 is 5.35. The van der Waals surface area contributed by atoms with Crippen LogP contribution in [0.15, 0.2) is 11.8 Å². The Hall–Kier alpha value is -2.05. The largest absolute Gasteiger partial charge is 0.458 e. The average molecular weight is 337 g/mol. The molecular formula is C17H27N3O4. The van der Waals surface area contributed by atoms with Gasteiger partial charge in [0.2, 0.25) is 11.8 Å². The van der Waals surface area contributed by atoms with Crippen molar-refractivity contribution in [3.8, 4) is 0 Å². The van der Waals surface area contributed by atoms with E-state index in [1.54, 1.807) is 11.8 Å². The second-order valence-electron chi connectivity index (χ2n) is 7.55. The Balaban J connectivity index is 2.03. The standard InChI is InChI=1S/C17H27N3O4/c1-9-13(8-14(21)19-9)20-11(3)12(7-15(20)22)18-10(2)16(23)24-17(4,5)6/h7,9-11,13,18H,8H2,1-6H3,(H,19,21)/t9-,10-,11-,13-/m0/s1. The van der Waals surface area contributed by atoms with Crippen LogP contribution in [0.5, 0.6) is 0 Å². The molecule has 0 aliphatic carbocycles. The van der Waals surface area contributed by atoms with E-state index < -0.39 is 11.6 Å². The highest BCUT2D eigenvalue weighted by Crippen LogP contribution is 2.26. The molecule has 134 valence electrons. The van der Waals surface area contributed by atoms with Crippen LogP contribution in [0, 0.1) is 0 Å². The van der Waals surface area contributed by atoms with Gasteiger partial charge in [-0.1, -0.05) is 0 Å². The van der Waals surface area contributed by atoms with Crippen LogP contribution in [-0.4, -0.2) is 52.5 Å². The van der Waals surface area contributed by atoms with Gasteiger partial charge in [0, 0.05) is 24.2 Å². The Bertz CT molecular complexity index is 579. The van der Waals surface area contributed by atoms with Gasteiger partial charge in [-0.05, 0) is 41.5 Å². The number of rotatable bonds is 4. The van der Waals surface area contributed by atoms with Gasteiger partial charge in [-0.3, -0.25) is 9.59 Å². The first-order valence-electron chi connectivity index (χ1n) is 8.32. The summed E-state index contributed by atoms with van der Waals surface area (Å²) in [5.74, 6) is -0.557. The molecule has 0 aromatic heterocycles. The number of nitrogens with one attached hydrogen (secondary N) is 2. The fourth-order valence-electron chi connectivity index (χ4n) is 3.10. The van der Waals surface area contributed by atoms with Gasteiger partial charge in [0.25, 0.3) is 0 Å². The van der Waals surface area contributed by atoms with Crippen molar-refractivity contribution in [1.82, 2.24) is 15.5 Å². The van der Waals surface area contributed by atoms with Crippen LogP contribution in [0.1, 0.15) is 48.0 Å². The molecule has 2 rings (SSSR count). The van der Waals surface area contributed by atoms with Crippen LogP contribution >= 0.6 is 0 Å². The first-order chi connectivity index (χ1) is 11.0. The Morgan fingerprint density at radius 3 is 2.50 bits per heavy atom. The minimum Gasteiger partial charge on any atom is -0.458 e. The number of amides is 2. The lowest BCUT2D eigenvalue weighted by atomic mass is 10.1. The number of carbonyl (C=O) groups is 3. The Morgan fingerprint density at radius 1 is 1.38 bits per heavy atom. The number of carbonyl (C=O) groups excluding carboxylic acids is 3. The van der Waals surface area contributed by atoms with Crippen molar-refractivity contribution < 1.29 is 19.1 Å². The molecule has 0 aromatic carbocycles. The van der Waals surface area contributed by atoms with E-state index in [9.17, 15) is 14.4 Å². The molecule has 0 saturated carbocycles. The third kappa shape index (κ3) is 3.88.